The van der Waals surface area contributed by atoms with E-state index in [0.29, 0.717) is 25.9 Å². The minimum Gasteiger partial charge on any atom is -0.393 e. The van der Waals surface area contributed by atoms with E-state index >= 15 is 0 Å². The largest absolute Gasteiger partial charge is 0.393 e. The molecule has 1 fully saturated rings. The van der Waals surface area contributed by atoms with Crippen LogP contribution in [0.4, 0.5) is 5.69 Å². The van der Waals surface area contributed by atoms with Crippen LogP contribution in [0.1, 0.15) is 33.0 Å². The molecule has 2 aromatic heterocycles. The van der Waals surface area contributed by atoms with Crippen LogP contribution in [-0.2, 0) is 20.0 Å². The Morgan fingerprint density at radius 1 is 1.06 bits per heavy atom. The number of benzene rings is 2. The third-order valence-electron chi connectivity index (χ3n) is 7.09. The summed E-state index contributed by atoms with van der Waals surface area (Å²) in [5, 5.41) is 9.75. The molecule has 1 amide bonds. The number of aliphatic hydroxyl groups is 1. The molecule has 0 atom stereocenters. The van der Waals surface area contributed by atoms with Gasteiger partial charge in [-0.05, 0) is 55.2 Å². The van der Waals surface area contributed by atoms with Crippen molar-refractivity contribution >= 4 is 34.0 Å². The maximum Gasteiger partial charge on any atom is 0.263 e. The van der Waals surface area contributed by atoms with Gasteiger partial charge < -0.3 is 19.5 Å². The van der Waals surface area contributed by atoms with Crippen molar-refractivity contribution in [2.75, 3.05) is 24.5 Å². The van der Waals surface area contributed by atoms with Crippen molar-refractivity contribution in [1.29, 1.82) is 0 Å². The number of thiophene rings is 1. The van der Waals surface area contributed by atoms with Gasteiger partial charge in [-0.3, -0.25) is 4.79 Å². The number of para-hydroxylation sites is 2. The summed E-state index contributed by atoms with van der Waals surface area (Å²) in [6.45, 7) is 3.03. The first-order valence-electron chi connectivity index (χ1n) is 11.9. The smallest absolute Gasteiger partial charge is 0.263 e. The van der Waals surface area contributed by atoms with Crippen LogP contribution >= 0.6 is 11.3 Å². The van der Waals surface area contributed by atoms with Gasteiger partial charge in [-0.2, -0.15) is 0 Å². The molecule has 0 spiro atoms. The number of aryl methyl sites for hydroxylation is 1. The summed E-state index contributed by atoms with van der Waals surface area (Å²) in [6, 6.07) is 18.9. The monoisotopic (exact) mass is 472 g/mol. The lowest BCUT2D eigenvalue weighted by Gasteiger charge is -2.29. The van der Waals surface area contributed by atoms with E-state index in [2.05, 4.69) is 59.0 Å². The van der Waals surface area contributed by atoms with Crippen LogP contribution in [0.2, 0.25) is 0 Å². The summed E-state index contributed by atoms with van der Waals surface area (Å²) in [4.78, 5) is 24.3. The highest BCUT2D eigenvalue weighted by Gasteiger charge is 2.27. The Balaban J connectivity index is 1.23. The summed E-state index contributed by atoms with van der Waals surface area (Å²) in [5.41, 5.74) is 5.68. The number of piperidine rings is 1. The Hall–Kier alpha value is -3.16. The van der Waals surface area contributed by atoms with Crippen LogP contribution in [0.3, 0.4) is 0 Å². The van der Waals surface area contributed by atoms with Crippen molar-refractivity contribution in [3.63, 3.8) is 0 Å². The Bertz CT molecular complexity index is 1370. The quantitative estimate of drug-likeness (QED) is 0.478. The highest BCUT2D eigenvalue weighted by molar-refractivity contribution is 7.14. The van der Waals surface area contributed by atoms with E-state index in [4.69, 9.17) is 4.98 Å². The molecule has 0 radical (unpaired) electrons. The lowest BCUT2D eigenvalue weighted by atomic mass is 10.1. The molecule has 7 heteroatoms. The van der Waals surface area contributed by atoms with Gasteiger partial charge in [0.05, 0.1) is 22.0 Å². The number of aromatic nitrogens is 2. The number of carbonyl (C=O) groups excluding carboxylic acids is 1. The molecule has 34 heavy (non-hydrogen) atoms. The Morgan fingerprint density at radius 2 is 1.88 bits per heavy atom. The normalized spacial score (nSPS) is 16.8. The van der Waals surface area contributed by atoms with E-state index < -0.39 is 0 Å². The number of nitrogens with zero attached hydrogens (tertiary/aromatic N) is 4. The van der Waals surface area contributed by atoms with Gasteiger partial charge in [0.2, 0.25) is 0 Å². The highest BCUT2D eigenvalue weighted by Crippen LogP contribution is 2.33. The van der Waals surface area contributed by atoms with Crippen molar-refractivity contribution in [2.45, 2.75) is 31.9 Å². The number of likely N-dealkylation sites (tertiary alicyclic amines) is 1. The maximum atomic E-state index is 13.0. The molecular weight excluding hydrogens is 444 g/mol. The second kappa shape index (κ2) is 8.56. The van der Waals surface area contributed by atoms with Gasteiger partial charge in [-0.1, -0.05) is 24.3 Å². The standard InChI is InChI=1S/C27H28N4O2S/c1-29-23-8-3-2-7-22(23)28-26(29)18-5-4-6-20(15-18)31-14-11-24-19(17-31)16-25(34-24)27(33)30-12-9-21(32)10-13-30/h2-8,15-16,21,32H,9-14,17H2,1H3. The number of hydrogen-bond acceptors (Lipinski definition) is 5. The molecule has 4 aromatic rings. The van der Waals surface area contributed by atoms with Crippen LogP contribution < -0.4 is 4.90 Å². The van der Waals surface area contributed by atoms with Crippen molar-refractivity contribution < 1.29 is 9.90 Å². The number of anilines is 1. The Kier molecular flexibility index (Phi) is 5.38. The minimum atomic E-state index is -0.269. The van der Waals surface area contributed by atoms with Gasteiger partial charge in [0, 0.05) is 49.4 Å². The fraction of sp³-hybridized carbons (Fsp3) is 0.333. The number of rotatable bonds is 3. The molecule has 0 saturated carbocycles. The molecule has 6 nitrogen and oxygen atoms in total. The molecule has 0 aliphatic carbocycles. The first-order valence-corrected chi connectivity index (χ1v) is 12.7. The van der Waals surface area contributed by atoms with Gasteiger partial charge in [-0.15, -0.1) is 11.3 Å². The van der Waals surface area contributed by atoms with Gasteiger partial charge in [0.1, 0.15) is 5.82 Å². The van der Waals surface area contributed by atoms with Crippen LogP contribution in [0.15, 0.2) is 54.6 Å². The molecule has 1 N–H and O–H groups in total. The first-order chi connectivity index (χ1) is 16.6. The number of fused-ring (bicyclic) bond motifs is 2. The zero-order chi connectivity index (χ0) is 23.2. The van der Waals surface area contributed by atoms with E-state index in [-0.39, 0.29) is 12.0 Å². The van der Waals surface area contributed by atoms with Gasteiger partial charge in [0.25, 0.3) is 5.91 Å². The summed E-state index contributed by atoms with van der Waals surface area (Å²) < 4.78 is 2.15. The van der Waals surface area contributed by atoms with Crippen LogP contribution in [0.5, 0.6) is 0 Å². The first kappa shape index (κ1) is 21.4. The molecule has 6 rings (SSSR count). The zero-order valence-corrected chi connectivity index (χ0v) is 20.1. The second-order valence-corrected chi connectivity index (χ2v) is 10.4. The number of amides is 1. The van der Waals surface area contributed by atoms with E-state index in [1.165, 1.54) is 16.1 Å². The molecule has 2 aliphatic heterocycles. The van der Waals surface area contributed by atoms with Crippen LogP contribution in [-0.4, -0.2) is 51.2 Å². The predicted octanol–water partition coefficient (Wildman–Crippen LogP) is 4.46. The van der Waals surface area contributed by atoms with Gasteiger partial charge in [0.15, 0.2) is 0 Å². The average molecular weight is 473 g/mol. The Morgan fingerprint density at radius 3 is 2.71 bits per heavy atom. The van der Waals surface area contributed by atoms with E-state index in [0.717, 1.165) is 46.8 Å². The Labute approximate surface area is 203 Å². The van der Waals surface area contributed by atoms with Crippen LogP contribution in [0.25, 0.3) is 22.4 Å². The van der Waals surface area contributed by atoms with Crippen molar-refractivity contribution in [1.82, 2.24) is 14.5 Å². The second-order valence-electron chi connectivity index (χ2n) is 9.29. The van der Waals surface area contributed by atoms with Gasteiger partial charge in [-0.25, -0.2) is 4.98 Å². The molecule has 1 saturated heterocycles. The SMILES string of the molecule is Cn1c(-c2cccc(N3CCc4sc(C(=O)N5CCC(O)CC5)cc4C3)c2)nc2ccccc21. The molecule has 0 unspecified atom stereocenters. The van der Waals surface area contributed by atoms with Crippen LogP contribution in [0, 0.1) is 0 Å². The summed E-state index contributed by atoms with van der Waals surface area (Å²) >= 11 is 1.65. The number of aliphatic hydroxyl groups excluding tert-OH is 1. The van der Waals surface area contributed by atoms with E-state index in [1.54, 1.807) is 11.3 Å². The topological polar surface area (TPSA) is 61.6 Å². The zero-order valence-electron chi connectivity index (χ0n) is 19.3. The van der Waals surface area contributed by atoms with Gasteiger partial charge >= 0.3 is 0 Å². The molecule has 2 aromatic carbocycles. The third kappa shape index (κ3) is 3.79. The maximum absolute atomic E-state index is 13.0. The average Bonchev–Trinajstić information content (AvgIpc) is 3.45. The molecule has 0 bridgehead atoms. The molecule has 174 valence electrons. The number of imidazole rings is 1. The minimum absolute atomic E-state index is 0.113. The summed E-state index contributed by atoms with van der Waals surface area (Å²) in [5.74, 6) is 1.08. The molecule has 2 aliphatic rings. The lowest BCUT2D eigenvalue weighted by molar-refractivity contribution is 0.0550. The van der Waals surface area contributed by atoms with Crippen molar-refractivity contribution in [3.8, 4) is 11.4 Å². The fourth-order valence-corrected chi connectivity index (χ4v) is 6.26. The predicted molar refractivity (Wildman–Crippen MR) is 136 cm³/mol. The van der Waals surface area contributed by atoms with Crippen molar-refractivity contribution in [2.24, 2.45) is 7.05 Å². The van der Waals surface area contributed by atoms with E-state index in [1.807, 2.05) is 17.0 Å². The fourth-order valence-electron chi connectivity index (χ4n) is 5.13. The lowest BCUT2D eigenvalue weighted by Crippen LogP contribution is -2.39. The molecular formula is C27H28N4O2S. The van der Waals surface area contributed by atoms with Crippen molar-refractivity contribution in [3.05, 3.63) is 69.9 Å². The number of hydrogen-bond donors (Lipinski definition) is 1. The summed E-state index contributed by atoms with van der Waals surface area (Å²) in [7, 11) is 2.07. The molecule has 4 heterocycles. The summed E-state index contributed by atoms with van der Waals surface area (Å²) in [6.07, 6.45) is 2.02. The number of carbonyl (C=O) groups is 1. The highest BCUT2D eigenvalue weighted by atomic mass is 32.1. The third-order valence-corrected chi connectivity index (χ3v) is 8.31. The van der Waals surface area contributed by atoms with E-state index in [9.17, 15) is 9.90 Å².